The summed E-state index contributed by atoms with van der Waals surface area (Å²) in [5.41, 5.74) is 13.0. The van der Waals surface area contributed by atoms with E-state index in [9.17, 15) is 0 Å². The van der Waals surface area contributed by atoms with Crippen LogP contribution < -0.4 is 4.90 Å². The lowest BCUT2D eigenvalue weighted by Gasteiger charge is -2.28. The molecule has 4 heteroatoms. The molecule has 0 fully saturated rings. The lowest BCUT2D eigenvalue weighted by atomic mass is 9.97. The summed E-state index contributed by atoms with van der Waals surface area (Å²) >= 11 is 1.86. The molecule has 0 atom stereocenters. The molecule has 290 valence electrons. The summed E-state index contributed by atoms with van der Waals surface area (Å²) in [7, 11) is 0. The summed E-state index contributed by atoms with van der Waals surface area (Å²) in [5, 5.41) is 9.64. The van der Waals surface area contributed by atoms with Crippen LogP contribution >= 0.6 is 11.3 Å². The molecule has 10 aromatic carbocycles. The summed E-state index contributed by atoms with van der Waals surface area (Å²) in [6.07, 6.45) is 0. The lowest BCUT2D eigenvalue weighted by Crippen LogP contribution is -2.11. The van der Waals surface area contributed by atoms with Gasteiger partial charge in [-0.3, -0.25) is 0 Å². The van der Waals surface area contributed by atoms with Gasteiger partial charge in [0.1, 0.15) is 11.2 Å². The van der Waals surface area contributed by atoms with Crippen molar-refractivity contribution in [2.24, 2.45) is 0 Å². The number of rotatable bonds is 6. The Kier molecular flexibility index (Phi) is 7.78. The van der Waals surface area contributed by atoms with Crippen molar-refractivity contribution < 1.29 is 4.42 Å². The van der Waals surface area contributed by atoms with Gasteiger partial charge in [-0.1, -0.05) is 146 Å². The Morgan fingerprint density at radius 2 is 1.05 bits per heavy atom. The Bertz CT molecular complexity index is 3830. The summed E-state index contributed by atoms with van der Waals surface area (Å²) in [5.74, 6) is 0. The predicted molar refractivity (Wildman–Crippen MR) is 264 cm³/mol. The Hall–Kier alpha value is -7.92. The van der Waals surface area contributed by atoms with E-state index in [0.717, 1.165) is 55.8 Å². The zero-order chi connectivity index (χ0) is 40.7. The van der Waals surface area contributed by atoms with Crippen LogP contribution in [0.1, 0.15) is 0 Å². The first-order valence-corrected chi connectivity index (χ1v) is 21.9. The largest absolute Gasteiger partial charge is 0.455 e. The Balaban J connectivity index is 1.02. The van der Waals surface area contributed by atoms with Gasteiger partial charge in [0, 0.05) is 58.7 Å². The van der Waals surface area contributed by atoms with E-state index >= 15 is 0 Å². The number of furan rings is 1. The second kappa shape index (κ2) is 13.8. The van der Waals surface area contributed by atoms with Gasteiger partial charge in [0.05, 0.1) is 27.8 Å². The van der Waals surface area contributed by atoms with Crippen LogP contribution in [0.3, 0.4) is 0 Å². The molecule has 0 radical (unpaired) electrons. The fraction of sp³-hybridized carbons (Fsp3) is 0. The third kappa shape index (κ3) is 5.30. The average molecular weight is 809 g/mol. The van der Waals surface area contributed by atoms with Crippen LogP contribution in [-0.2, 0) is 0 Å². The quantitative estimate of drug-likeness (QED) is 0.167. The molecule has 13 rings (SSSR count). The minimum Gasteiger partial charge on any atom is -0.455 e. The van der Waals surface area contributed by atoms with E-state index in [1.807, 2.05) is 11.3 Å². The molecule has 0 amide bonds. The monoisotopic (exact) mass is 808 g/mol. The molecule has 62 heavy (non-hydrogen) atoms. The zero-order valence-corrected chi connectivity index (χ0v) is 34.3. The number of anilines is 3. The molecule has 0 aliphatic carbocycles. The number of hydrogen-bond acceptors (Lipinski definition) is 3. The van der Waals surface area contributed by atoms with Crippen molar-refractivity contribution >= 4 is 103 Å². The van der Waals surface area contributed by atoms with Crippen molar-refractivity contribution in [1.29, 1.82) is 0 Å². The topological polar surface area (TPSA) is 21.3 Å². The normalized spacial score (nSPS) is 11.9. The minimum atomic E-state index is 0.860. The number of hydrogen-bond donors (Lipinski definition) is 0. The van der Waals surface area contributed by atoms with Crippen molar-refractivity contribution in [2.75, 3.05) is 4.90 Å². The van der Waals surface area contributed by atoms with Gasteiger partial charge in [-0.25, -0.2) is 0 Å². The second-order valence-electron chi connectivity index (χ2n) is 16.0. The Morgan fingerprint density at radius 1 is 0.403 bits per heavy atom. The zero-order valence-electron chi connectivity index (χ0n) is 33.5. The molecule has 0 spiro atoms. The van der Waals surface area contributed by atoms with Crippen LogP contribution in [0.15, 0.2) is 223 Å². The number of aromatic nitrogens is 1. The molecule has 3 nitrogen and oxygen atoms in total. The molecule has 3 heterocycles. The van der Waals surface area contributed by atoms with Crippen LogP contribution in [0.4, 0.5) is 17.1 Å². The summed E-state index contributed by atoms with van der Waals surface area (Å²) < 4.78 is 12.0. The van der Waals surface area contributed by atoms with Crippen molar-refractivity contribution in [2.45, 2.75) is 0 Å². The molecule has 0 saturated carbocycles. The van der Waals surface area contributed by atoms with Crippen molar-refractivity contribution in [3.8, 4) is 27.9 Å². The van der Waals surface area contributed by atoms with Gasteiger partial charge in [0.15, 0.2) is 0 Å². The van der Waals surface area contributed by atoms with Crippen LogP contribution in [-0.4, -0.2) is 4.57 Å². The summed E-state index contributed by atoms with van der Waals surface area (Å²) in [6, 6.07) is 79.1. The highest BCUT2D eigenvalue weighted by Crippen LogP contribution is 2.48. The first-order valence-electron chi connectivity index (χ1n) is 21.1. The molecule has 0 saturated heterocycles. The maximum absolute atomic E-state index is 6.97. The first-order chi connectivity index (χ1) is 30.8. The van der Waals surface area contributed by atoms with Crippen LogP contribution in [0.25, 0.3) is 103 Å². The third-order valence-corrected chi connectivity index (χ3v) is 13.7. The summed E-state index contributed by atoms with van der Waals surface area (Å²) in [4.78, 5) is 2.43. The van der Waals surface area contributed by atoms with Gasteiger partial charge in [-0.15, -0.1) is 11.3 Å². The van der Waals surface area contributed by atoms with Crippen LogP contribution in [0, 0.1) is 0 Å². The van der Waals surface area contributed by atoms with Gasteiger partial charge in [-0.2, -0.15) is 0 Å². The van der Waals surface area contributed by atoms with Gasteiger partial charge in [0.25, 0.3) is 0 Å². The van der Waals surface area contributed by atoms with Gasteiger partial charge in [-0.05, 0) is 94.9 Å². The fourth-order valence-electron chi connectivity index (χ4n) is 9.85. The van der Waals surface area contributed by atoms with Gasteiger partial charge < -0.3 is 13.9 Å². The first kappa shape index (κ1) is 34.9. The van der Waals surface area contributed by atoms with Crippen LogP contribution in [0.5, 0.6) is 0 Å². The van der Waals surface area contributed by atoms with Crippen molar-refractivity contribution in [1.82, 2.24) is 4.57 Å². The number of thiophene rings is 1. The molecule has 3 aromatic heterocycles. The van der Waals surface area contributed by atoms with E-state index in [-0.39, 0.29) is 0 Å². The number of nitrogens with zero attached hydrogens (tertiary/aromatic N) is 2. The van der Waals surface area contributed by atoms with Crippen LogP contribution in [0.2, 0.25) is 0 Å². The van der Waals surface area contributed by atoms with E-state index in [1.54, 1.807) is 0 Å². The predicted octanol–water partition coefficient (Wildman–Crippen LogP) is 17.0. The lowest BCUT2D eigenvalue weighted by molar-refractivity contribution is 0.670. The maximum atomic E-state index is 6.97. The molecule has 0 aliphatic heterocycles. The second-order valence-corrected chi connectivity index (χ2v) is 17.1. The average Bonchev–Trinajstić information content (AvgIpc) is 4.02. The van der Waals surface area contributed by atoms with Gasteiger partial charge in [0.2, 0.25) is 0 Å². The SMILES string of the molecule is c1cc(-c2ccc(N(c3ccc(-c4cccc5sc6ccccc6c45)cc3)c3cccc4ccccc34)c3c2oc2ccccc23)cc(-n2c3ccccc3c3ccccc32)c1. The Labute approximate surface area is 361 Å². The van der Waals surface area contributed by atoms with E-state index in [4.69, 9.17) is 4.42 Å². The van der Waals surface area contributed by atoms with E-state index in [2.05, 4.69) is 228 Å². The number of para-hydroxylation sites is 3. The number of fused-ring (bicyclic) bond motifs is 10. The Morgan fingerprint density at radius 3 is 1.87 bits per heavy atom. The molecule has 0 bridgehead atoms. The molecular formula is C58H36N2OS. The highest BCUT2D eigenvalue weighted by Gasteiger charge is 2.24. The smallest absolute Gasteiger partial charge is 0.145 e. The maximum Gasteiger partial charge on any atom is 0.145 e. The highest BCUT2D eigenvalue weighted by molar-refractivity contribution is 7.25. The molecule has 0 N–H and O–H groups in total. The third-order valence-electron chi connectivity index (χ3n) is 12.6. The molecule has 0 aliphatic rings. The minimum absolute atomic E-state index is 0.860. The summed E-state index contributed by atoms with van der Waals surface area (Å²) in [6.45, 7) is 0. The van der Waals surface area contributed by atoms with E-state index < -0.39 is 0 Å². The highest BCUT2D eigenvalue weighted by atomic mass is 32.1. The fourth-order valence-corrected chi connectivity index (χ4v) is 11.0. The number of benzene rings is 10. The standard InChI is InChI=1S/C58H36N2OS/c1-2-18-42-37(14-1)15-12-26-49(42)59(40-32-30-38(31-33-40)43-23-13-29-55-56(43)48-22-6-10-28-54(48)62-55)52-35-34-44(58-57(52)47-21-5-9-27-53(47)61-58)39-16-11-17-41(36-39)60-50-24-7-3-19-45(50)46-20-4-8-25-51(46)60/h1-36H. The van der Waals surface area contributed by atoms with Gasteiger partial charge >= 0.3 is 0 Å². The van der Waals surface area contributed by atoms with Crippen molar-refractivity contribution in [3.05, 3.63) is 218 Å². The van der Waals surface area contributed by atoms with Crippen molar-refractivity contribution in [3.63, 3.8) is 0 Å². The molecular weight excluding hydrogens is 773 g/mol. The molecule has 13 aromatic rings. The van der Waals surface area contributed by atoms with E-state index in [1.165, 1.54) is 63.9 Å². The molecule has 0 unspecified atom stereocenters. The van der Waals surface area contributed by atoms with E-state index in [0.29, 0.717) is 0 Å².